The molecule has 3 rings (SSSR count). The van der Waals surface area contributed by atoms with Gasteiger partial charge in [-0.2, -0.15) is 5.10 Å². The summed E-state index contributed by atoms with van der Waals surface area (Å²) in [6.07, 6.45) is 0.431. The van der Waals surface area contributed by atoms with E-state index in [2.05, 4.69) is 10.4 Å². The van der Waals surface area contributed by atoms with Gasteiger partial charge in [-0.05, 0) is 24.6 Å². The molecule has 1 N–H and O–H groups in total. The van der Waals surface area contributed by atoms with Gasteiger partial charge in [0.05, 0.1) is 12.8 Å². The maximum atomic E-state index is 12.8. The number of rotatable bonds is 6. The summed E-state index contributed by atoms with van der Waals surface area (Å²) in [5.74, 6) is 0.341. The van der Waals surface area contributed by atoms with Crippen molar-refractivity contribution in [2.45, 2.75) is 19.4 Å². The van der Waals surface area contributed by atoms with Gasteiger partial charge >= 0.3 is 0 Å². The SMILES string of the molecule is CCC(C(=O)Nc1cccc(OC)c1)n1nc(-c2ccccc2)ccc1=O. The number of carbonyl (C=O) groups is 1. The Morgan fingerprint density at radius 2 is 1.89 bits per heavy atom. The van der Waals surface area contributed by atoms with Crippen LogP contribution in [0.25, 0.3) is 11.3 Å². The predicted molar refractivity (Wildman–Crippen MR) is 105 cm³/mol. The van der Waals surface area contributed by atoms with Crippen LogP contribution in [0.4, 0.5) is 5.69 Å². The first-order chi connectivity index (χ1) is 13.1. The predicted octanol–water partition coefficient (Wildman–Crippen LogP) is 3.51. The van der Waals surface area contributed by atoms with Crippen LogP contribution < -0.4 is 15.6 Å². The van der Waals surface area contributed by atoms with E-state index in [1.165, 1.54) is 10.7 Å². The van der Waals surface area contributed by atoms with Crippen molar-refractivity contribution in [2.75, 3.05) is 12.4 Å². The Hall–Kier alpha value is -3.41. The minimum atomic E-state index is -0.715. The lowest BCUT2D eigenvalue weighted by atomic mass is 10.1. The van der Waals surface area contributed by atoms with E-state index in [9.17, 15) is 9.59 Å². The molecule has 1 unspecified atom stereocenters. The number of methoxy groups -OCH3 is 1. The Morgan fingerprint density at radius 3 is 2.59 bits per heavy atom. The maximum Gasteiger partial charge on any atom is 0.267 e. The number of hydrogen-bond donors (Lipinski definition) is 1. The minimum Gasteiger partial charge on any atom is -0.497 e. The lowest BCUT2D eigenvalue weighted by Crippen LogP contribution is -2.34. The number of anilines is 1. The van der Waals surface area contributed by atoms with Crippen molar-refractivity contribution in [3.8, 4) is 17.0 Å². The highest BCUT2D eigenvalue weighted by molar-refractivity contribution is 5.93. The Balaban J connectivity index is 1.90. The van der Waals surface area contributed by atoms with E-state index in [1.807, 2.05) is 37.3 Å². The van der Waals surface area contributed by atoms with Gasteiger partial charge in [0.25, 0.3) is 5.56 Å². The van der Waals surface area contributed by atoms with Crippen LogP contribution in [0.5, 0.6) is 5.75 Å². The normalized spacial score (nSPS) is 11.6. The highest BCUT2D eigenvalue weighted by Crippen LogP contribution is 2.20. The molecule has 1 amide bonds. The minimum absolute atomic E-state index is 0.300. The van der Waals surface area contributed by atoms with Gasteiger partial charge in [-0.25, -0.2) is 4.68 Å². The molecule has 6 nitrogen and oxygen atoms in total. The molecule has 0 saturated carbocycles. The molecule has 6 heteroatoms. The lowest BCUT2D eigenvalue weighted by molar-refractivity contribution is -0.119. The molecule has 27 heavy (non-hydrogen) atoms. The summed E-state index contributed by atoms with van der Waals surface area (Å²) in [4.78, 5) is 25.2. The summed E-state index contributed by atoms with van der Waals surface area (Å²) < 4.78 is 6.42. The van der Waals surface area contributed by atoms with E-state index in [1.54, 1.807) is 37.4 Å². The van der Waals surface area contributed by atoms with E-state index < -0.39 is 6.04 Å². The summed E-state index contributed by atoms with van der Waals surface area (Å²) in [7, 11) is 1.56. The molecule has 0 spiro atoms. The van der Waals surface area contributed by atoms with Crippen molar-refractivity contribution in [1.82, 2.24) is 9.78 Å². The highest BCUT2D eigenvalue weighted by atomic mass is 16.5. The summed E-state index contributed by atoms with van der Waals surface area (Å²) in [6, 6.07) is 19.0. The van der Waals surface area contributed by atoms with Crippen LogP contribution in [0.1, 0.15) is 19.4 Å². The first-order valence-electron chi connectivity index (χ1n) is 8.72. The van der Waals surface area contributed by atoms with Crippen molar-refractivity contribution in [2.24, 2.45) is 0 Å². The van der Waals surface area contributed by atoms with Crippen LogP contribution in [0.3, 0.4) is 0 Å². The van der Waals surface area contributed by atoms with Crippen molar-refractivity contribution < 1.29 is 9.53 Å². The first-order valence-corrected chi connectivity index (χ1v) is 8.72. The van der Waals surface area contributed by atoms with Crippen LogP contribution in [0.2, 0.25) is 0 Å². The van der Waals surface area contributed by atoms with Crippen molar-refractivity contribution >= 4 is 11.6 Å². The molecule has 138 valence electrons. The fourth-order valence-corrected chi connectivity index (χ4v) is 2.81. The van der Waals surface area contributed by atoms with E-state index in [-0.39, 0.29) is 11.5 Å². The molecule has 0 aliphatic rings. The van der Waals surface area contributed by atoms with Gasteiger partial charge in [0.1, 0.15) is 11.8 Å². The molecule has 0 aliphatic heterocycles. The Labute approximate surface area is 157 Å². The largest absolute Gasteiger partial charge is 0.497 e. The molecule has 2 aromatic carbocycles. The second-order valence-electron chi connectivity index (χ2n) is 6.01. The number of hydrogen-bond acceptors (Lipinski definition) is 4. The summed E-state index contributed by atoms with van der Waals surface area (Å²) >= 11 is 0. The summed E-state index contributed by atoms with van der Waals surface area (Å²) in [6.45, 7) is 1.85. The van der Waals surface area contributed by atoms with Crippen LogP contribution in [0.15, 0.2) is 71.5 Å². The Kier molecular flexibility index (Phi) is 5.66. The van der Waals surface area contributed by atoms with E-state index in [0.29, 0.717) is 23.6 Å². The average Bonchev–Trinajstić information content (AvgIpc) is 2.70. The number of benzene rings is 2. The maximum absolute atomic E-state index is 12.8. The second kappa shape index (κ2) is 8.31. The van der Waals surface area contributed by atoms with Gasteiger partial charge in [0, 0.05) is 23.4 Å². The quantitative estimate of drug-likeness (QED) is 0.727. The molecule has 0 saturated heterocycles. The van der Waals surface area contributed by atoms with Gasteiger partial charge in [0.2, 0.25) is 5.91 Å². The van der Waals surface area contributed by atoms with Gasteiger partial charge in [-0.15, -0.1) is 0 Å². The summed E-state index contributed by atoms with van der Waals surface area (Å²) in [5, 5.41) is 7.26. The third-order valence-corrected chi connectivity index (χ3v) is 4.22. The molecule has 1 atom stereocenters. The zero-order valence-corrected chi connectivity index (χ0v) is 15.3. The number of nitrogens with one attached hydrogen (secondary N) is 1. The molecule has 1 aromatic heterocycles. The first kappa shape index (κ1) is 18.4. The standard InChI is InChI=1S/C21H21N3O3/c1-3-19(21(26)22-16-10-7-11-17(14-16)27-2)24-20(25)13-12-18(23-24)15-8-5-4-6-9-15/h4-14,19H,3H2,1-2H3,(H,22,26). The molecule has 0 aliphatic carbocycles. The van der Waals surface area contributed by atoms with Crippen LogP contribution in [0, 0.1) is 0 Å². The van der Waals surface area contributed by atoms with E-state index in [0.717, 1.165) is 5.56 Å². The Bertz CT molecular complexity index is 983. The fourth-order valence-electron chi connectivity index (χ4n) is 2.81. The fraction of sp³-hybridized carbons (Fsp3) is 0.190. The van der Waals surface area contributed by atoms with Gasteiger partial charge in [-0.3, -0.25) is 9.59 Å². The molecule has 1 heterocycles. The molecule has 0 radical (unpaired) electrons. The molecular weight excluding hydrogens is 342 g/mol. The number of amides is 1. The van der Waals surface area contributed by atoms with Gasteiger partial charge in [0.15, 0.2) is 0 Å². The van der Waals surface area contributed by atoms with E-state index >= 15 is 0 Å². The zero-order valence-electron chi connectivity index (χ0n) is 15.3. The lowest BCUT2D eigenvalue weighted by Gasteiger charge is -2.17. The number of ether oxygens (including phenoxy) is 1. The average molecular weight is 363 g/mol. The Morgan fingerprint density at radius 1 is 1.11 bits per heavy atom. The number of carbonyl (C=O) groups excluding carboxylic acids is 1. The van der Waals surface area contributed by atoms with Crippen LogP contribution in [-0.4, -0.2) is 22.8 Å². The third kappa shape index (κ3) is 4.23. The highest BCUT2D eigenvalue weighted by Gasteiger charge is 2.21. The molecule has 3 aromatic rings. The van der Waals surface area contributed by atoms with Gasteiger partial charge < -0.3 is 10.1 Å². The number of nitrogens with zero attached hydrogens (tertiary/aromatic N) is 2. The van der Waals surface area contributed by atoms with Crippen LogP contribution in [-0.2, 0) is 4.79 Å². The van der Waals surface area contributed by atoms with Crippen molar-refractivity contribution in [3.05, 3.63) is 77.1 Å². The monoisotopic (exact) mass is 363 g/mol. The summed E-state index contributed by atoms with van der Waals surface area (Å²) in [5.41, 5.74) is 1.81. The third-order valence-electron chi connectivity index (χ3n) is 4.22. The molecule has 0 bridgehead atoms. The topological polar surface area (TPSA) is 73.2 Å². The number of aromatic nitrogens is 2. The van der Waals surface area contributed by atoms with Crippen molar-refractivity contribution in [1.29, 1.82) is 0 Å². The zero-order chi connectivity index (χ0) is 19.2. The molecular formula is C21H21N3O3. The van der Waals surface area contributed by atoms with Crippen molar-refractivity contribution in [3.63, 3.8) is 0 Å². The second-order valence-corrected chi connectivity index (χ2v) is 6.01. The van der Waals surface area contributed by atoms with Gasteiger partial charge in [-0.1, -0.05) is 43.3 Å². The van der Waals surface area contributed by atoms with E-state index in [4.69, 9.17) is 4.74 Å². The molecule has 0 fully saturated rings. The van der Waals surface area contributed by atoms with Crippen LogP contribution >= 0.6 is 0 Å². The smallest absolute Gasteiger partial charge is 0.267 e.